The molecule has 0 fully saturated rings. The number of rotatable bonds is 5. The monoisotopic (exact) mass is 470 g/mol. The van der Waals surface area contributed by atoms with E-state index in [1.165, 1.54) is 23.5 Å². The van der Waals surface area contributed by atoms with Gasteiger partial charge in [-0.05, 0) is 52.0 Å². The molecule has 7 nitrogen and oxygen atoms in total. The summed E-state index contributed by atoms with van der Waals surface area (Å²) in [6, 6.07) is 6.29. The van der Waals surface area contributed by atoms with E-state index >= 15 is 0 Å². The lowest BCUT2D eigenvalue weighted by Gasteiger charge is -2.06. The lowest BCUT2D eigenvalue weighted by atomic mass is 10.1. The molecule has 0 unspecified atom stereocenters. The zero-order valence-corrected chi connectivity index (χ0v) is 19.5. The summed E-state index contributed by atoms with van der Waals surface area (Å²) >= 11 is 7.14. The van der Waals surface area contributed by atoms with Crippen LogP contribution in [0.15, 0.2) is 29.6 Å². The third-order valence-electron chi connectivity index (χ3n) is 4.90. The Morgan fingerprint density at radius 2 is 1.84 bits per heavy atom. The number of aryl methyl sites for hydroxylation is 3. The maximum atomic E-state index is 13.4. The van der Waals surface area contributed by atoms with Crippen LogP contribution in [0.5, 0.6) is 0 Å². The molecule has 0 aliphatic rings. The summed E-state index contributed by atoms with van der Waals surface area (Å²) in [5, 5.41) is 9.62. The topological polar surface area (TPSA) is 85.6 Å². The third kappa shape index (κ3) is 4.53. The van der Waals surface area contributed by atoms with Gasteiger partial charge >= 0.3 is 0 Å². The number of nitrogens with one attached hydrogen (secondary N) is 1. The van der Waals surface area contributed by atoms with E-state index in [4.69, 9.17) is 11.6 Å². The molecular formula is C22H20ClFN6OS. The predicted molar refractivity (Wildman–Crippen MR) is 123 cm³/mol. The standard InChI is InChI=1S/C22H20ClFN6OS/c1-11-7-12(2)26-21(25-11)30-14(4)16(13(3)29-30)9-20(31)28-22-27-19(10-32-22)15-5-6-18(24)17(23)8-15/h5-8,10H,9H2,1-4H3,(H,27,28,31). The van der Waals surface area contributed by atoms with E-state index in [9.17, 15) is 9.18 Å². The van der Waals surface area contributed by atoms with E-state index in [1.54, 1.807) is 16.1 Å². The summed E-state index contributed by atoms with van der Waals surface area (Å²) in [6.45, 7) is 7.55. The lowest BCUT2D eigenvalue weighted by Crippen LogP contribution is -2.15. The van der Waals surface area contributed by atoms with Gasteiger partial charge in [-0.1, -0.05) is 11.6 Å². The molecule has 0 radical (unpaired) electrons. The maximum absolute atomic E-state index is 13.4. The number of aromatic nitrogens is 5. The van der Waals surface area contributed by atoms with E-state index in [0.29, 0.717) is 22.3 Å². The zero-order valence-electron chi connectivity index (χ0n) is 17.9. The van der Waals surface area contributed by atoms with Crippen molar-refractivity contribution in [3.8, 4) is 17.2 Å². The van der Waals surface area contributed by atoms with Gasteiger partial charge in [-0.2, -0.15) is 5.10 Å². The zero-order chi connectivity index (χ0) is 23.0. The van der Waals surface area contributed by atoms with Crippen LogP contribution in [0.4, 0.5) is 9.52 Å². The van der Waals surface area contributed by atoms with Crippen LogP contribution < -0.4 is 5.32 Å². The summed E-state index contributed by atoms with van der Waals surface area (Å²) < 4.78 is 15.1. The van der Waals surface area contributed by atoms with E-state index in [0.717, 1.165) is 28.3 Å². The first kappa shape index (κ1) is 22.0. The molecule has 0 saturated heterocycles. The molecule has 0 aliphatic carbocycles. The van der Waals surface area contributed by atoms with Crippen molar-refractivity contribution in [2.24, 2.45) is 0 Å². The second-order valence-corrected chi connectivity index (χ2v) is 8.67. The maximum Gasteiger partial charge on any atom is 0.251 e. The van der Waals surface area contributed by atoms with Gasteiger partial charge in [-0.25, -0.2) is 24.0 Å². The van der Waals surface area contributed by atoms with E-state index in [-0.39, 0.29) is 17.4 Å². The van der Waals surface area contributed by atoms with Crippen molar-refractivity contribution in [3.05, 3.63) is 68.8 Å². The first-order chi connectivity index (χ1) is 15.2. The normalized spacial score (nSPS) is 11.1. The summed E-state index contributed by atoms with van der Waals surface area (Å²) in [5.74, 6) is -0.218. The number of thiazole rings is 1. The number of hydrogen-bond donors (Lipinski definition) is 1. The van der Waals surface area contributed by atoms with Crippen LogP contribution in [-0.2, 0) is 11.2 Å². The highest BCUT2D eigenvalue weighted by atomic mass is 35.5. The Morgan fingerprint density at radius 1 is 1.12 bits per heavy atom. The highest BCUT2D eigenvalue weighted by molar-refractivity contribution is 7.14. The molecule has 164 valence electrons. The van der Waals surface area contributed by atoms with E-state index in [2.05, 4.69) is 25.4 Å². The number of carbonyl (C=O) groups excluding carboxylic acids is 1. The SMILES string of the molecule is Cc1cc(C)nc(-n2nc(C)c(CC(=O)Nc3nc(-c4ccc(F)c(Cl)c4)cs3)c2C)n1. The van der Waals surface area contributed by atoms with Crippen LogP contribution in [0.2, 0.25) is 5.02 Å². The summed E-state index contributed by atoms with van der Waals surface area (Å²) in [6.07, 6.45) is 0.139. The first-order valence-electron chi connectivity index (χ1n) is 9.80. The average Bonchev–Trinajstić information content (AvgIpc) is 3.29. The van der Waals surface area contributed by atoms with Crippen LogP contribution in [-0.4, -0.2) is 30.6 Å². The van der Waals surface area contributed by atoms with Crippen LogP contribution in [0, 0.1) is 33.5 Å². The number of hydrogen-bond acceptors (Lipinski definition) is 6. The van der Waals surface area contributed by atoms with Crippen molar-refractivity contribution in [2.75, 3.05) is 5.32 Å². The fourth-order valence-electron chi connectivity index (χ4n) is 3.37. The molecule has 4 aromatic rings. The second kappa shape index (κ2) is 8.76. The van der Waals surface area contributed by atoms with Crippen LogP contribution >= 0.6 is 22.9 Å². The Labute approximate surface area is 193 Å². The van der Waals surface area contributed by atoms with Crippen LogP contribution in [0.3, 0.4) is 0 Å². The van der Waals surface area contributed by atoms with Crippen molar-refractivity contribution in [3.63, 3.8) is 0 Å². The number of nitrogens with zero attached hydrogens (tertiary/aromatic N) is 5. The molecule has 3 aromatic heterocycles. The van der Waals surface area contributed by atoms with Crippen molar-refractivity contribution >= 4 is 34.0 Å². The fourth-order valence-corrected chi connectivity index (χ4v) is 4.29. The van der Waals surface area contributed by atoms with Gasteiger partial charge in [0.25, 0.3) is 5.95 Å². The van der Waals surface area contributed by atoms with Gasteiger partial charge in [0.1, 0.15) is 5.82 Å². The Kier molecular flexibility index (Phi) is 6.03. The molecule has 4 rings (SSSR count). The highest BCUT2D eigenvalue weighted by Gasteiger charge is 2.18. The minimum atomic E-state index is -0.489. The number of benzene rings is 1. The van der Waals surface area contributed by atoms with Crippen LogP contribution in [0.1, 0.15) is 28.3 Å². The molecule has 0 aliphatic heterocycles. The Balaban J connectivity index is 1.51. The third-order valence-corrected chi connectivity index (χ3v) is 5.95. The largest absolute Gasteiger partial charge is 0.302 e. The Hall–Kier alpha value is -3.17. The minimum absolute atomic E-state index is 0.0248. The number of carbonyl (C=O) groups is 1. The molecular weight excluding hydrogens is 451 g/mol. The van der Waals surface area contributed by atoms with Crippen molar-refractivity contribution in [1.29, 1.82) is 0 Å². The van der Waals surface area contributed by atoms with Gasteiger partial charge < -0.3 is 5.32 Å². The number of amides is 1. The number of halogens is 2. The second-order valence-electron chi connectivity index (χ2n) is 7.40. The molecule has 0 bridgehead atoms. The summed E-state index contributed by atoms with van der Waals surface area (Å²) in [7, 11) is 0. The smallest absolute Gasteiger partial charge is 0.251 e. The highest BCUT2D eigenvalue weighted by Crippen LogP contribution is 2.28. The quantitative estimate of drug-likeness (QED) is 0.444. The van der Waals surface area contributed by atoms with Crippen LogP contribution in [0.25, 0.3) is 17.2 Å². The van der Waals surface area contributed by atoms with Gasteiger partial charge in [-0.15, -0.1) is 11.3 Å². The Bertz CT molecular complexity index is 1310. The summed E-state index contributed by atoms with van der Waals surface area (Å²) in [5.41, 5.74) is 5.34. The first-order valence-corrected chi connectivity index (χ1v) is 11.1. The fraction of sp³-hybridized carbons (Fsp3) is 0.227. The minimum Gasteiger partial charge on any atom is -0.302 e. The molecule has 32 heavy (non-hydrogen) atoms. The van der Waals surface area contributed by atoms with Crippen molar-refractivity contribution in [1.82, 2.24) is 24.7 Å². The molecule has 0 spiro atoms. The summed E-state index contributed by atoms with van der Waals surface area (Å²) in [4.78, 5) is 26.0. The van der Waals surface area contributed by atoms with E-state index in [1.807, 2.05) is 33.8 Å². The van der Waals surface area contributed by atoms with Gasteiger partial charge in [0.05, 0.1) is 22.8 Å². The average molecular weight is 471 g/mol. The van der Waals surface area contributed by atoms with Crippen molar-refractivity contribution in [2.45, 2.75) is 34.1 Å². The van der Waals surface area contributed by atoms with E-state index < -0.39 is 5.82 Å². The number of anilines is 1. The van der Waals surface area contributed by atoms with Gasteiger partial charge in [0.2, 0.25) is 5.91 Å². The molecule has 1 amide bonds. The molecule has 3 heterocycles. The Morgan fingerprint density at radius 3 is 2.53 bits per heavy atom. The molecule has 0 saturated carbocycles. The lowest BCUT2D eigenvalue weighted by molar-refractivity contribution is -0.115. The van der Waals surface area contributed by atoms with Gasteiger partial charge in [-0.3, -0.25) is 4.79 Å². The molecule has 10 heteroatoms. The predicted octanol–water partition coefficient (Wildman–Crippen LogP) is 4.99. The molecule has 0 atom stereocenters. The molecule has 1 N–H and O–H groups in total. The van der Waals surface area contributed by atoms with Gasteiger partial charge in [0, 0.05) is 33.6 Å². The van der Waals surface area contributed by atoms with Crippen molar-refractivity contribution < 1.29 is 9.18 Å². The van der Waals surface area contributed by atoms with Gasteiger partial charge in [0.15, 0.2) is 5.13 Å². The molecule has 1 aromatic carbocycles.